The van der Waals surface area contributed by atoms with Crippen LogP contribution in [0, 0.1) is 0 Å². The van der Waals surface area contributed by atoms with Gasteiger partial charge in [-0.05, 0) is 34.9 Å². The molecule has 4 rings (SSSR count). The lowest BCUT2D eigenvalue weighted by Crippen LogP contribution is -2.50. The highest BCUT2D eigenvalue weighted by molar-refractivity contribution is 6.35. The summed E-state index contributed by atoms with van der Waals surface area (Å²) in [6, 6.07) is 20.1. The summed E-state index contributed by atoms with van der Waals surface area (Å²) in [4.78, 5) is 33.9. The van der Waals surface area contributed by atoms with Gasteiger partial charge < -0.3 is 15.1 Å². The van der Waals surface area contributed by atoms with Gasteiger partial charge in [-0.25, -0.2) is 5.48 Å². The highest BCUT2D eigenvalue weighted by Gasteiger charge is 2.45. The molecule has 1 aliphatic heterocycles. The number of rotatable bonds is 8. The Morgan fingerprint density at radius 1 is 1.03 bits per heavy atom. The Morgan fingerprint density at radius 2 is 1.74 bits per heavy atom. The van der Waals surface area contributed by atoms with Gasteiger partial charge in [-0.1, -0.05) is 77.8 Å². The van der Waals surface area contributed by atoms with Crippen molar-refractivity contribution in [3.05, 3.63) is 105 Å². The number of carbonyl (C=O) groups excluding carboxylic acids is 2. The number of hydroxylamine groups is 1. The zero-order valence-corrected chi connectivity index (χ0v) is 20.1. The molecule has 0 saturated carbocycles. The summed E-state index contributed by atoms with van der Waals surface area (Å²) in [5.41, 5.74) is 4.69. The van der Waals surface area contributed by atoms with E-state index in [1.165, 1.54) is 11.0 Å². The number of benzene rings is 3. The number of carbonyl (C=O) groups is 2. The molecule has 7 nitrogen and oxygen atoms in total. The monoisotopic (exact) mass is 514 g/mol. The number of halogens is 2. The van der Waals surface area contributed by atoms with Crippen molar-refractivity contribution in [1.29, 1.82) is 0 Å². The summed E-state index contributed by atoms with van der Waals surface area (Å²) in [6.45, 7) is -0.606. The summed E-state index contributed by atoms with van der Waals surface area (Å²) >= 11 is 12.6. The number of aliphatic hydroxyl groups is 2. The van der Waals surface area contributed by atoms with Crippen LogP contribution in [-0.4, -0.2) is 46.2 Å². The number of hydrogen-bond donors (Lipinski definition) is 3. The molecule has 0 aromatic heterocycles. The van der Waals surface area contributed by atoms with Gasteiger partial charge in [0.2, 0.25) is 0 Å². The molecule has 3 aromatic carbocycles. The van der Waals surface area contributed by atoms with Crippen LogP contribution in [0.5, 0.6) is 0 Å². The lowest BCUT2D eigenvalue weighted by molar-refractivity contribution is -0.138. The lowest BCUT2D eigenvalue weighted by atomic mass is 9.79. The molecule has 0 aliphatic carbocycles. The Bertz CT molecular complexity index is 1210. The maximum Gasteiger partial charge on any atom is 0.254 e. The van der Waals surface area contributed by atoms with E-state index in [-0.39, 0.29) is 18.2 Å². The fraction of sp³-hybridized carbons (Fsp3) is 0.231. The standard InChI is InChI=1S/C26H24Cl2N2O5/c27-17-10-11-21(22(28)12-17)24-23(25(33)29-35-15-16-6-2-1-3-7-16)19-8-4-5-9-20(19)26(34)30(24)13-18(32)14-31/h1-12,18,23-24,31-32H,13-15H2,(H,29,33). The van der Waals surface area contributed by atoms with E-state index in [4.69, 9.17) is 28.0 Å². The van der Waals surface area contributed by atoms with Crippen molar-refractivity contribution in [2.45, 2.75) is 24.7 Å². The number of hydrogen-bond acceptors (Lipinski definition) is 5. The molecule has 1 heterocycles. The van der Waals surface area contributed by atoms with Gasteiger partial charge in [0.1, 0.15) is 0 Å². The maximum atomic E-state index is 13.6. The van der Waals surface area contributed by atoms with E-state index in [1.54, 1.807) is 36.4 Å². The third kappa shape index (κ3) is 5.50. The highest BCUT2D eigenvalue weighted by atomic mass is 35.5. The molecule has 0 fully saturated rings. The van der Waals surface area contributed by atoms with Crippen LogP contribution in [0.2, 0.25) is 10.0 Å². The second kappa shape index (κ2) is 11.2. The molecule has 182 valence electrons. The molecule has 0 radical (unpaired) electrons. The first-order valence-electron chi connectivity index (χ1n) is 11.0. The van der Waals surface area contributed by atoms with Crippen molar-refractivity contribution >= 4 is 35.0 Å². The van der Waals surface area contributed by atoms with E-state index in [2.05, 4.69) is 5.48 Å². The minimum Gasteiger partial charge on any atom is -0.394 e. The molecule has 3 atom stereocenters. The van der Waals surface area contributed by atoms with Crippen LogP contribution in [-0.2, 0) is 16.2 Å². The summed E-state index contributed by atoms with van der Waals surface area (Å²) in [6.07, 6.45) is -1.21. The Hall–Kier alpha value is -2.94. The normalized spacial score (nSPS) is 18.2. The van der Waals surface area contributed by atoms with Crippen LogP contribution in [0.4, 0.5) is 0 Å². The summed E-state index contributed by atoms with van der Waals surface area (Å²) in [7, 11) is 0. The zero-order chi connectivity index (χ0) is 24.9. The first-order valence-corrected chi connectivity index (χ1v) is 11.8. The first-order chi connectivity index (χ1) is 16.9. The van der Waals surface area contributed by atoms with Crippen LogP contribution in [0.3, 0.4) is 0 Å². The highest BCUT2D eigenvalue weighted by Crippen LogP contribution is 2.45. The van der Waals surface area contributed by atoms with Crippen molar-refractivity contribution < 1.29 is 24.6 Å². The molecule has 1 aliphatic rings. The Kier molecular flexibility index (Phi) is 8.05. The van der Waals surface area contributed by atoms with Crippen LogP contribution in [0.15, 0.2) is 72.8 Å². The van der Waals surface area contributed by atoms with Crippen molar-refractivity contribution in [2.24, 2.45) is 0 Å². The van der Waals surface area contributed by atoms with Gasteiger partial charge in [0.05, 0.1) is 31.3 Å². The summed E-state index contributed by atoms with van der Waals surface area (Å²) < 4.78 is 0. The average Bonchev–Trinajstić information content (AvgIpc) is 2.86. The van der Waals surface area contributed by atoms with Crippen LogP contribution in [0.1, 0.15) is 39.0 Å². The molecule has 2 amide bonds. The molecule has 0 bridgehead atoms. The minimum atomic E-state index is -1.21. The maximum absolute atomic E-state index is 13.6. The number of nitrogens with zero attached hydrogens (tertiary/aromatic N) is 1. The van der Waals surface area contributed by atoms with Gasteiger partial charge >= 0.3 is 0 Å². The largest absolute Gasteiger partial charge is 0.394 e. The van der Waals surface area contributed by atoms with E-state index in [1.807, 2.05) is 30.3 Å². The third-order valence-corrected chi connectivity index (χ3v) is 6.44. The van der Waals surface area contributed by atoms with Gasteiger partial charge in [0.15, 0.2) is 0 Å². The van der Waals surface area contributed by atoms with Gasteiger partial charge in [0.25, 0.3) is 11.8 Å². The van der Waals surface area contributed by atoms with Crippen LogP contribution in [0.25, 0.3) is 0 Å². The van der Waals surface area contributed by atoms with Crippen molar-refractivity contribution in [3.63, 3.8) is 0 Å². The first kappa shape index (κ1) is 25.2. The molecule has 0 spiro atoms. The van der Waals surface area contributed by atoms with E-state index >= 15 is 0 Å². The fourth-order valence-corrected chi connectivity index (χ4v) is 4.80. The smallest absolute Gasteiger partial charge is 0.254 e. The van der Waals surface area contributed by atoms with Crippen molar-refractivity contribution in [1.82, 2.24) is 10.4 Å². The quantitative estimate of drug-likeness (QED) is 0.396. The van der Waals surface area contributed by atoms with Crippen molar-refractivity contribution in [2.75, 3.05) is 13.2 Å². The van der Waals surface area contributed by atoms with Gasteiger partial charge in [-0.2, -0.15) is 0 Å². The predicted molar refractivity (Wildman–Crippen MR) is 132 cm³/mol. The molecule has 35 heavy (non-hydrogen) atoms. The van der Waals surface area contributed by atoms with Gasteiger partial charge in [0, 0.05) is 22.2 Å². The Balaban J connectivity index is 1.75. The summed E-state index contributed by atoms with van der Waals surface area (Å²) in [5.74, 6) is -1.79. The molecule has 3 N–H and O–H groups in total. The Labute approximate surface area is 212 Å². The number of fused-ring (bicyclic) bond motifs is 1. The van der Waals surface area contributed by atoms with Gasteiger partial charge in [-0.3, -0.25) is 14.4 Å². The Morgan fingerprint density at radius 3 is 2.46 bits per heavy atom. The topological polar surface area (TPSA) is 99.1 Å². The van der Waals surface area contributed by atoms with Gasteiger partial charge in [-0.15, -0.1) is 0 Å². The minimum absolute atomic E-state index is 0.152. The van der Waals surface area contributed by atoms with E-state index in [0.717, 1.165) is 5.56 Å². The van der Waals surface area contributed by atoms with Crippen LogP contribution >= 0.6 is 23.2 Å². The van der Waals surface area contributed by atoms with E-state index in [9.17, 15) is 19.8 Å². The van der Waals surface area contributed by atoms with Crippen molar-refractivity contribution in [3.8, 4) is 0 Å². The third-order valence-electron chi connectivity index (χ3n) is 5.87. The molecular weight excluding hydrogens is 491 g/mol. The number of amides is 2. The predicted octanol–water partition coefficient (Wildman–Crippen LogP) is 3.88. The number of nitrogens with one attached hydrogen (secondary N) is 1. The van der Waals surface area contributed by atoms with E-state index in [0.29, 0.717) is 21.7 Å². The van der Waals surface area contributed by atoms with E-state index < -0.39 is 36.5 Å². The molecule has 0 saturated heterocycles. The number of aliphatic hydroxyl groups excluding tert-OH is 2. The molecular formula is C26H24Cl2N2O5. The average molecular weight is 515 g/mol. The van der Waals surface area contributed by atoms with Crippen LogP contribution < -0.4 is 5.48 Å². The molecule has 9 heteroatoms. The SMILES string of the molecule is O=C(NOCc1ccccc1)C1c2ccccc2C(=O)N(CC(O)CO)C1c1ccc(Cl)cc1Cl. The summed E-state index contributed by atoms with van der Waals surface area (Å²) in [5, 5.41) is 20.4. The lowest BCUT2D eigenvalue weighted by Gasteiger charge is -2.42. The number of β-amino-alcohol motifs (C(OH)–C–C–N with tert-alkyl or cyclic N) is 1. The second-order valence-electron chi connectivity index (χ2n) is 8.21. The molecule has 3 unspecified atom stereocenters. The fourth-order valence-electron chi connectivity index (χ4n) is 4.28. The second-order valence-corrected chi connectivity index (χ2v) is 9.05. The zero-order valence-electron chi connectivity index (χ0n) is 18.6. The molecule has 3 aromatic rings.